The van der Waals surface area contributed by atoms with E-state index in [1.54, 1.807) is 5.19 Å². The summed E-state index contributed by atoms with van der Waals surface area (Å²) in [4.78, 5) is 0. The predicted octanol–water partition coefficient (Wildman–Crippen LogP) is 3.57. The Labute approximate surface area is 107 Å². The SMILES string of the molecule is Cc1cccc([Si]CCCC2C=CC=C2)c1C. The largest absolute Gasteiger partial charge is 0.0811 e. The lowest BCUT2D eigenvalue weighted by Gasteiger charge is -2.08. The van der Waals surface area contributed by atoms with Gasteiger partial charge in [0.25, 0.3) is 0 Å². The van der Waals surface area contributed by atoms with Crippen molar-refractivity contribution in [3.8, 4) is 0 Å². The molecular formula is C16H20Si. The standard InChI is InChI=1S/C16H20Si/c1-13-7-5-11-16(14(13)2)17-12-6-10-15-8-3-4-9-15/h3-5,7-9,11,15H,6,10,12H2,1-2H3. The number of rotatable bonds is 5. The Balaban J connectivity index is 1.76. The molecular weight excluding hydrogens is 220 g/mol. The quantitative estimate of drug-likeness (QED) is 0.545. The highest BCUT2D eigenvalue weighted by Gasteiger charge is 2.05. The van der Waals surface area contributed by atoms with Gasteiger partial charge < -0.3 is 0 Å². The van der Waals surface area contributed by atoms with E-state index in [-0.39, 0.29) is 0 Å². The summed E-state index contributed by atoms with van der Waals surface area (Å²) in [6, 6.07) is 8.02. The van der Waals surface area contributed by atoms with Gasteiger partial charge in [-0.2, -0.15) is 0 Å². The molecule has 1 aliphatic carbocycles. The third-order valence-electron chi connectivity index (χ3n) is 3.46. The van der Waals surface area contributed by atoms with Crippen LogP contribution < -0.4 is 5.19 Å². The molecule has 0 atom stereocenters. The third kappa shape index (κ3) is 3.44. The molecule has 0 unspecified atom stereocenters. The van der Waals surface area contributed by atoms with Gasteiger partial charge in [0.2, 0.25) is 0 Å². The van der Waals surface area contributed by atoms with Crippen LogP contribution in [0.4, 0.5) is 0 Å². The lowest BCUT2D eigenvalue weighted by molar-refractivity contribution is 0.696. The van der Waals surface area contributed by atoms with E-state index in [2.05, 4.69) is 56.4 Å². The van der Waals surface area contributed by atoms with Crippen molar-refractivity contribution >= 4 is 14.7 Å². The van der Waals surface area contributed by atoms with Crippen LogP contribution in [-0.4, -0.2) is 9.52 Å². The van der Waals surface area contributed by atoms with Gasteiger partial charge in [0, 0.05) is 0 Å². The van der Waals surface area contributed by atoms with Crippen LogP contribution >= 0.6 is 0 Å². The van der Waals surface area contributed by atoms with E-state index in [1.165, 1.54) is 30.0 Å². The molecule has 0 nitrogen and oxygen atoms in total. The first-order valence-corrected chi connectivity index (χ1v) is 7.63. The number of hydrogen-bond acceptors (Lipinski definition) is 0. The second kappa shape index (κ2) is 6.01. The maximum Gasteiger partial charge on any atom is 0.0811 e. The van der Waals surface area contributed by atoms with Crippen molar-refractivity contribution in [2.75, 3.05) is 0 Å². The van der Waals surface area contributed by atoms with Crippen LogP contribution in [0, 0.1) is 19.8 Å². The summed E-state index contributed by atoms with van der Waals surface area (Å²) < 4.78 is 0. The Morgan fingerprint density at radius 2 is 1.88 bits per heavy atom. The molecule has 1 heteroatoms. The number of aryl methyl sites for hydroxylation is 1. The van der Waals surface area contributed by atoms with E-state index in [0.717, 1.165) is 9.52 Å². The van der Waals surface area contributed by atoms with Gasteiger partial charge >= 0.3 is 0 Å². The summed E-state index contributed by atoms with van der Waals surface area (Å²) in [5.41, 5.74) is 2.92. The zero-order chi connectivity index (χ0) is 12.1. The highest BCUT2D eigenvalue weighted by molar-refractivity contribution is 6.54. The van der Waals surface area contributed by atoms with Crippen molar-refractivity contribution in [2.45, 2.75) is 32.7 Å². The van der Waals surface area contributed by atoms with Crippen LogP contribution in [0.1, 0.15) is 24.0 Å². The summed E-state index contributed by atoms with van der Waals surface area (Å²) in [6.07, 6.45) is 11.6. The maximum absolute atomic E-state index is 2.31. The summed E-state index contributed by atoms with van der Waals surface area (Å²) in [5.74, 6) is 0.707. The van der Waals surface area contributed by atoms with Crippen LogP contribution in [0.2, 0.25) is 6.04 Å². The highest BCUT2D eigenvalue weighted by Crippen LogP contribution is 2.16. The second-order valence-corrected chi connectivity index (χ2v) is 6.14. The predicted molar refractivity (Wildman–Crippen MR) is 77.1 cm³/mol. The minimum absolute atomic E-state index is 0.707. The van der Waals surface area contributed by atoms with E-state index >= 15 is 0 Å². The molecule has 0 spiro atoms. The Morgan fingerprint density at radius 1 is 1.12 bits per heavy atom. The Hall–Kier alpha value is -1.08. The van der Waals surface area contributed by atoms with E-state index in [0.29, 0.717) is 5.92 Å². The third-order valence-corrected chi connectivity index (χ3v) is 4.99. The van der Waals surface area contributed by atoms with E-state index in [4.69, 9.17) is 0 Å². The molecule has 0 bridgehead atoms. The van der Waals surface area contributed by atoms with Gasteiger partial charge in [-0.3, -0.25) is 0 Å². The molecule has 0 saturated heterocycles. The Morgan fingerprint density at radius 3 is 2.65 bits per heavy atom. The van der Waals surface area contributed by atoms with Gasteiger partial charge in [-0.05, 0) is 37.3 Å². The lowest BCUT2D eigenvalue weighted by atomic mass is 10.1. The summed E-state index contributed by atoms with van der Waals surface area (Å²) >= 11 is 0. The van der Waals surface area contributed by atoms with Crippen molar-refractivity contribution in [3.05, 3.63) is 53.6 Å². The number of allylic oxidation sites excluding steroid dienone is 4. The molecule has 17 heavy (non-hydrogen) atoms. The topological polar surface area (TPSA) is 0 Å². The number of hydrogen-bond donors (Lipinski definition) is 0. The van der Waals surface area contributed by atoms with Gasteiger partial charge in [-0.1, -0.05) is 60.2 Å². The first-order valence-electron chi connectivity index (χ1n) is 6.42. The molecule has 0 saturated carbocycles. The summed E-state index contributed by atoms with van der Waals surface area (Å²) in [7, 11) is 0.974. The fourth-order valence-corrected chi connectivity index (χ4v) is 3.50. The van der Waals surface area contributed by atoms with Crippen molar-refractivity contribution < 1.29 is 0 Å². The van der Waals surface area contributed by atoms with Crippen molar-refractivity contribution in [1.29, 1.82) is 0 Å². The molecule has 1 aliphatic rings. The van der Waals surface area contributed by atoms with Crippen molar-refractivity contribution in [1.82, 2.24) is 0 Å². The molecule has 2 rings (SSSR count). The molecule has 1 aromatic rings. The summed E-state index contributed by atoms with van der Waals surface area (Å²) in [6.45, 7) is 4.46. The molecule has 0 N–H and O–H groups in total. The van der Waals surface area contributed by atoms with E-state index in [9.17, 15) is 0 Å². The number of benzene rings is 1. The zero-order valence-electron chi connectivity index (χ0n) is 10.7. The van der Waals surface area contributed by atoms with Crippen LogP contribution in [0.15, 0.2) is 42.5 Å². The van der Waals surface area contributed by atoms with Crippen molar-refractivity contribution in [3.63, 3.8) is 0 Å². The first kappa shape index (κ1) is 12.4. The minimum Gasteiger partial charge on any atom is -0.0776 e. The molecule has 0 fully saturated rings. The van der Waals surface area contributed by atoms with Crippen molar-refractivity contribution in [2.24, 2.45) is 5.92 Å². The molecule has 2 radical (unpaired) electrons. The first-order chi connectivity index (χ1) is 8.27. The van der Waals surface area contributed by atoms with E-state index < -0.39 is 0 Å². The van der Waals surface area contributed by atoms with Gasteiger partial charge in [0.05, 0.1) is 9.52 Å². The van der Waals surface area contributed by atoms with Gasteiger partial charge in [-0.15, -0.1) is 0 Å². The Bertz CT molecular complexity index is 417. The second-order valence-electron chi connectivity index (χ2n) is 4.75. The fourth-order valence-electron chi connectivity index (χ4n) is 2.17. The molecule has 0 aliphatic heterocycles. The molecule has 1 aromatic carbocycles. The van der Waals surface area contributed by atoms with Crippen LogP contribution in [0.5, 0.6) is 0 Å². The van der Waals surface area contributed by atoms with E-state index in [1.807, 2.05) is 0 Å². The average Bonchev–Trinajstić information content (AvgIpc) is 2.83. The van der Waals surface area contributed by atoms with Crippen LogP contribution in [-0.2, 0) is 0 Å². The molecule has 0 amide bonds. The van der Waals surface area contributed by atoms with Gasteiger partial charge in [0.1, 0.15) is 0 Å². The summed E-state index contributed by atoms with van der Waals surface area (Å²) in [5, 5.41) is 1.56. The maximum atomic E-state index is 2.31. The Kier molecular flexibility index (Phi) is 4.38. The smallest absolute Gasteiger partial charge is 0.0776 e. The van der Waals surface area contributed by atoms with Crippen LogP contribution in [0.3, 0.4) is 0 Å². The monoisotopic (exact) mass is 240 g/mol. The average molecular weight is 240 g/mol. The minimum atomic E-state index is 0.707. The zero-order valence-corrected chi connectivity index (χ0v) is 11.7. The van der Waals surface area contributed by atoms with Crippen LogP contribution in [0.25, 0.3) is 0 Å². The normalized spacial score (nSPS) is 14.7. The fraction of sp³-hybridized carbons (Fsp3) is 0.375. The van der Waals surface area contributed by atoms with Gasteiger partial charge in [0.15, 0.2) is 0 Å². The highest BCUT2D eigenvalue weighted by atomic mass is 28.2. The molecule has 0 aromatic heterocycles. The lowest BCUT2D eigenvalue weighted by Crippen LogP contribution is -2.18. The molecule has 88 valence electrons. The van der Waals surface area contributed by atoms with Gasteiger partial charge in [-0.25, -0.2) is 0 Å². The molecule has 0 heterocycles.